The molecular formula is C68H51N. The van der Waals surface area contributed by atoms with Crippen molar-refractivity contribution < 1.29 is 0 Å². The molecule has 2 fully saturated rings. The number of rotatable bonds is 8. The molecule has 1 nitrogen and oxygen atoms in total. The van der Waals surface area contributed by atoms with Gasteiger partial charge in [-0.05, 0) is 174 Å². The summed E-state index contributed by atoms with van der Waals surface area (Å²) in [6.45, 7) is 0. The fourth-order valence-corrected chi connectivity index (χ4v) is 13.3. The molecule has 0 aliphatic heterocycles. The Morgan fingerprint density at radius 3 is 1.32 bits per heavy atom. The molecule has 2 saturated carbocycles. The second kappa shape index (κ2) is 16.1. The molecule has 4 aliphatic rings. The number of hydrogen-bond donors (Lipinski definition) is 0. The molecule has 0 N–H and O–H groups in total. The minimum absolute atomic E-state index is 0.497. The molecule has 0 saturated heterocycles. The van der Waals surface area contributed by atoms with Crippen molar-refractivity contribution in [3.63, 3.8) is 0 Å². The highest BCUT2D eigenvalue weighted by Gasteiger charge is 2.52. The number of hydrogen-bond acceptors (Lipinski definition) is 1. The molecule has 0 amide bonds. The SMILES string of the molecule is c1ccc(-c2ccc3c(c2)C2(c4ccccc4-3)c3ccccc3-c3ccc(N(c4ccc(-c5ccc(C6CC7CCC6C7)cc5)cc4)c4ccc(-c5ccccc5-c5ccccc5)cc4)cc32)cc1. The molecule has 0 aromatic heterocycles. The van der Waals surface area contributed by atoms with Crippen LogP contribution < -0.4 is 4.90 Å². The van der Waals surface area contributed by atoms with Crippen molar-refractivity contribution in [3.8, 4) is 66.8 Å². The molecule has 10 aromatic carbocycles. The molecule has 0 radical (unpaired) electrons. The summed E-state index contributed by atoms with van der Waals surface area (Å²) in [5.74, 6) is 2.57. The highest BCUT2D eigenvalue weighted by molar-refractivity contribution is 5.97. The van der Waals surface area contributed by atoms with Crippen molar-refractivity contribution in [1.82, 2.24) is 0 Å². The first-order chi connectivity index (χ1) is 34.2. The van der Waals surface area contributed by atoms with Gasteiger partial charge in [0.2, 0.25) is 0 Å². The van der Waals surface area contributed by atoms with E-state index in [4.69, 9.17) is 0 Å². The fraction of sp³-hybridized carbons (Fsp3) is 0.118. The predicted octanol–water partition coefficient (Wildman–Crippen LogP) is 18.1. The molecule has 2 bridgehead atoms. The van der Waals surface area contributed by atoms with E-state index in [1.165, 1.54) is 120 Å². The summed E-state index contributed by atoms with van der Waals surface area (Å²) in [5, 5.41) is 0. The van der Waals surface area contributed by atoms with E-state index in [1.807, 2.05) is 0 Å². The van der Waals surface area contributed by atoms with Crippen LogP contribution in [-0.4, -0.2) is 0 Å². The van der Waals surface area contributed by atoms with Crippen LogP contribution in [0.15, 0.2) is 243 Å². The molecule has 14 rings (SSSR count). The molecule has 1 heteroatoms. The Kier molecular flexibility index (Phi) is 9.34. The molecule has 4 unspecified atom stereocenters. The number of nitrogens with zero attached hydrogens (tertiary/aromatic N) is 1. The van der Waals surface area contributed by atoms with Crippen LogP contribution in [0.3, 0.4) is 0 Å². The maximum atomic E-state index is 2.51. The van der Waals surface area contributed by atoms with Gasteiger partial charge in [0, 0.05) is 17.1 Å². The maximum absolute atomic E-state index is 2.51. The van der Waals surface area contributed by atoms with Crippen LogP contribution in [0.4, 0.5) is 17.1 Å². The van der Waals surface area contributed by atoms with Crippen LogP contribution in [0, 0.1) is 11.8 Å². The number of benzene rings is 10. The summed E-state index contributed by atoms with van der Waals surface area (Å²) < 4.78 is 0. The van der Waals surface area contributed by atoms with Gasteiger partial charge in [-0.15, -0.1) is 0 Å². The summed E-state index contributed by atoms with van der Waals surface area (Å²) in [5.41, 5.74) is 24.8. The smallest absolute Gasteiger partial charge is 0.0726 e. The molecule has 4 atom stereocenters. The summed E-state index contributed by atoms with van der Waals surface area (Å²) >= 11 is 0. The van der Waals surface area contributed by atoms with Gasteiger partial charge in [0.15, 0.2) is 0 Å². The van der Waals surface area contributed by atoms with Gasteiger partial charge in [-0.2, -0.15) is 0 Å². The van der Waals surface area contributed by atoms with Crippen molar-refractivity contribution in [2.75, 3.05) is 4.90 Å². The van der Waals surface area contributed by atoms with Crippen LogP contribution in [0.1, 0.15) is 59.4 Å². The van der Waals surface area contributed by atoms with E-state index in [0.717, 1.165) is 34.8 Å². The van der Waals surface area contributed by atoms with Gasteiger partial charge in [-0.3, -0.25) is 0 Å². The summed E-state index contributed by atoms with van der Waals surface area (Å²) in [7, 11) is 0. The van der Waals surface area contributed by atoms with Gasteiger partial charge >= 0.3 is 0 Å². The molecule has 10 aromatic rings. The monoisotopic (exact) mass is 881 g/mol. The lowest BCUT2D eigenvalue weighted by atomic mass is 9.70. The van der Waals surface area contributed by atoms with E-state index >= 15 is 0 Å². The summed E-state index contributed by atoms with van der Waals surface area (Å²) in [6.07, 6.45) is 5.65. The van der Waals surface area contributed by atoms with E-state index in [0.29, 0.717) is 0 Å². The van der Waals surface area contributed by atoms with E-state index in [1.54, 1.807) is 0 Å². The Balaban J connectivity index is 0.918. The first kappa shape index (κ1) is 40.1. The average molecular weight is 882 g/mol. The summed E-state index contributed by atoms with van der Waals surface area (Å²) in [4.78, 5) is 2.47. The molecule has 328 valence electrons. The highest BCUT2D eigenvalue weighted by Crippen LogP contribution is 2.64. The standard InChI is InChI=1S/C68H51N/c1-3-13-46(14-4-1)52-33-39-61-59-19-9-11-21-64(59)68(66(61)43-52)65-22-12-10-20-60(65)62-40-38-56(44-67(62)68)69(55-36-31-50(32-37-55)58-18-8-7-17-57(58)49-15-5-2-6-16-49)54-34-29-48(30-35-54)47-25-27-51(28-26-47)63-42-45-23-24-53(63)41-45/h1-22,25-40,43-45,53,63H,23-24,41-42H2. The molecular weight excluding hydrogens is 831 g/mol. The zero-order chi connectivity index (χ0) is 45.5. The second-order valence-electron chi connectivity index (χ2n) is 19.9. The van der Waals surface area contributed by atoms with E-state index < -0.39 is 5.41 Å². The Morgan fingerprint density at radius 2 is 0.739 bits per heavy atom. The van der Waals surface area contributed by atoms with E-state index in [2.05, 4.69) is 248 Å². The van der Waals surface area contributed by atoms with Gasteiger partial charge in [-0.25, -0.2) is 0 Å². The van der Waals surface area contributed by atoms with Crippen LogP contribution in [0.25, 0.3) is 66.8 Å². The second-order valence-corrected chi connectivity index (χ2v) is 19.9. The van der Waals surface area contributed by atoms with Gasteiger partial charge in [-0.1, -0.05) is 207 Å². The van der Waals surface area contributed by atoms with Crippen LogP contribution in [-0.2, 0) is 5.41 Å². The lowest BCUT2D eigenvalue weighted by Gasteiger charge is -2.32. The normalized spacial score (nSPS) is 19.0. The Labute approximate surface area is 406 Å². The Bertz CT molecular complexity index is 3540. The van der Waals surface area contributed by atoms with Gasteiger partial charge in [0.25, 0.3) is 0 Å². The number of anilines is 3. The van der Waals surface area contributed by atoms with E-state index in [-0.39, 0.29) is 0 Å². The fourth-order valence-electron chi connectivity index (χ4n) is 13.3. The van der Waals surface area contributed by atoms with Gasteiger partial charge in [0.1, 0.15) is 0 Å². The minimum atomic E-state index is -0.497. The molecule has 69 heavy (non-hydrogen) atoms. The van der Waals surface area contributed by atoms with Gasteiger partial charge < -0.3 is 4.90 Å². The minimum Gasteiger partial charge on any atom is -0.310 e. The average Bonchev–Trinajstić information content (AvgIpc) is 4.21. The first-order valence-electron chi connectivity index (χ1n) is 25.0. The Hall–Kier alpha value is -8.00. The third kappa shape index (κ3) is 6.37. The van der Waals surface area contributed by atoms with Crippen molar-refractivity contribution >= 4 is 17.1 Å². The quantitative estimate of drug-likeness (QED) is 0.147. The zero-order valence-corrected chi connectivity index (χ0v) is 38.6. The zero-order valence-electron chi connectivity index (χ0n) is 38.6. The van der Waals surface area contributed by atoms with Crippen molar-refractivity contribution in [3.05, 3.63) is 270 Å². The van der Waals surface area contributed by atoms with Crippen LogP contribution in [0.5, 0.6) is 0 Å². The molecule has 0 heterocycles. The lowest BCUT2D eigenvalue weighted by molar-refractivity contribution is 0.420. The first-order valence-corrected chi connectivity index (χ1v) is 25.0. The van der Waals surface area contributed by atoms with Gasteiger partial charge in [0.05, 0.1) is 5.41 Å². The van der Waals surface area contributed by atoms with Crippen molar-refractivity contribution in [1.29, 1.82) is 0 Å². The largest absolute Gasteiger partial charge is 0.310 e. The molecule has 1 spiro atoms. The van der Waals surface area contributed by atoms with E-state index in [9.17, 15) is 0 Å². The van der Waals surface area contributed by atoms with Crippen LogP contribution in [0.2, 0.25) is 0 Å². The van der Waals surface area contributed by atoms with Crippen molar-refractivity contribution in [2.24, 2.45) is 11.8 Å². The third-order valence-corrected chi connectivity index (χ3v) is 16.4. The van der Waals surface area contributed by atoms with Crippen LogP contribution >= 0.6 is 0 Å². The third-order valence-electron chi connectivity index (χ3n) is 16.4. The summed E-state index contributed by atoms with van der Waals surface area (Å²) in [6, 6.07) is 91.1. The topological polar surface area (TPSA) is 3.24 Å². The lowest BCUT2D eigenvalue weighted by Crippen LogP contribution is -2.26. The highest BCUT2D eigenvalue weighted by atomic mass is 15.1. The van der Waals surface area contributed by atoms with Crippen molar-refractivity contribution in [2.45, 2.75) is 37.0 Å². The maximum Gasteiger partial charge on any atom is 0.0726 e. The number of fused-ring (bicyclic) bond motifs is 12. The molecule has 4 aliphatic carbocycles. The Morgan fingerprint density at radius 1 is 0.304 bits per heavy atom. The predicted molar refractivity (Wildman–Crippen MR) is 287 cm³/mol.